The quantitative estimate of drug-likeness (QED) is 0.610. The second kappa shape index (κ2) is 7.41. The van der Waals surface area contributed by atoms with Crippen LogP contribution in [0, 0.1) is 6.92 Å². The number of fused-ring (bicyclic) bond motifs is 1. The molecule has 1 aromatic heterocycles. The van der Waals surface area contributed by atoms with E-state index in [9.17, 15) is 0 Å². The maximum atomic E-state index is 6.14. The Morgan fingerprint density at radius 1 is 1.04 bits per heavy atom. The number of likely N-dealkylation sites (N-methyl/N-ethyl adjacent to an activating group) is 1. The van der Waals surface area contributed by atoms with Crippen LogP contribution < -0.4 is 4.74 Å². The lowest BCUT2D eigenvalue weighted by molar-refractivity contribution is 0.262. The molecule has 2 aromatic carbocycles. The fourth-order valence-corrected chi connectivity index (χ4v) is 3.32. The van der Waals surface area contributed by atoms with Crippen molar-refractivity contribution in [1.82, 2.24) is 9.47 Å². The third-order valence-electron chi connectivity index (χ3n) is 4.24. The zero-order chi connectivity index (χ0) is 17.1. The van der Waals surface area contributed by atoms with E-state index in [1.807, 2.05) is 6.07 Å². The zero-order valence-corrected chi connectivity index (χ0v) is 16.0. The minimum Gasteiger partial charge on any atom is -0.490 e. The number of aromatic nitrogens is 1. The number of hydrogen-bond acceptors (Lipinski definition) is 2. The Hall–Kier alpha value is -1.78. The fraction of sp³-hybridized carbons (Fsp3) is 0.300. The molecule has 0 aliphatic rings. The van der Waals surface area contributed by atoms with Gasteiger partial charge < -0.3 is 14.2 Å². The first-order chi connectivity index (χ1) is 11.6. The molecule has 0 aliphatic carbocycles. The first-order valence-corrected chi connectivity index (χ1v) is 8.96. The van der Waals surface area contributed by atoms with Crippen LogP contribution in [0.2, 0.25) is 0 Å². The van der Waals surface area contributed by atoms with Gasteiger partial charge in [0.25, 0.3) is 0 Å². The van der Waals surface area contributed by atoms with Crippen molar-refractivity contribution in [2.75, 3.05) is 27.2 Å². The number of nitrogens with zero attached hydrogens (tertiary/aromatic N) is 2. The van der Waals surface area contributed by atoms with Gasteiger partial charge in [-0.3, -0.25) is 0 Å². The van der Waals surface area contributed by atoms with E-state index in [1.54, 1.807) is 0 Å². The highest BCUT2D eigenvalue weighted by atomic mass is 79.9. The lowest BCUT2D eigenvalue weighted by Gasteiger charge is -2.12. The number of para-hydroxylation sites is 1. The van der Waals surface area contributed by atoms with Crippen LogP contribution in [0.5, 0.6) is 5.75 Å². The van der Waals surface area contributed by atoms with Crippen LogP contribution in [0.1, 0.15) is 11.3 Å². The summed E-state index contributed by atoms with van der Waals surface area (Å²) in [5.74, 6) is 1.000. The third kappa shape index (κ3) is 3.50. The highest BCUT2D eigenvalue weighted by Gasteiger charge is 2.15. The lowest BCUT2D eigenvalue weighted by atomic mass is 10.2. The van der Waals surface area contributed by atoms with Crippen molar-refractivity contribution in [1.29, 1.82) is 0 Å². The third-order valence-corrected chi connectivity index (χ3v) is 5.02. The van der Waals surface area contributed by atoms with Crippen LogP contribution in [0.15, 0.2) is 53.0 Å². The first kappa shape index (κ1) is 17.1. The van der Waals surface area contributed by atoms with E-state index in [0.717, 1.165) is 23.3 Å². The van der Waals surface area contributed by atoms with Crippen LogP contribution in [0.3, 0.4) is 0 Å². The van der Waals surface area contributed by atoms with E-state index in [1.165, 1.54) is 22.2 Å². The van der Waals surface area contributed by atoms with E-state index in [2.05, 4.69) is 88.9 Å². The van der Waals surface area contributed by atoms with Gasteiger partial charge >= 0.3 is 0 Å². The molecular weight excluding hydrogens is 364 g/mol. The van der Waals surface area contributed by atoms with Crippen molar-refractivity contribution >= 4 is 26.8 Å². The summed E-state index contributed by atoms with van der Waals surface area (Å²) in [6.07, 6.45) is 0. The maximum Gasteiger partial charge on any atom is 0.147 e. The van der Waals surface area contributed by atoms with Gasteiger partial charge in [-0.2, -0.15) is 0 Å². The van der Waals surface area contributed by atoms with Crippen molar-refractivity contribution in [2.45, 2.75) is 13.5 Å². The summed E-state index contributed by atoms with van der Waals surface area (Å²) < 4.78 is 9.61. The summed E-state index contributed by atoms with van der Waals surface area (Å²) in [5.41, 5.74) is 3.65. The van der Waals surface area contributed by atoms with Gasteiger partial charge in [-0.15, -0.1) is 0 Å². The molecule has 3 nitrogen and oxygen atoms in total. The summed E-state index contributed by atoms with van der Waals surface area (Å²) in [5, 5.41) is 1.18. The molecule has 3 rings (SSSR count). The van der Waals surface area contributed by atoms with Crippen molar-refractivity contribution in [3.63, 3.8) is 0 Å². The van der Waals surface area contributed by atoms with Gasteiger partial charge in [0.05, 0.1) is 11.2 Å². The van der Waals surface area contributed by atoms with Crippen molar-refractivity contribution in [2.24, 2.45) is 0 Å². The summed E-state index contributed by atoms with van der Waals surface area (Å²) >= 11 is 3.66. The van der Waals surface area contributed by atoms with Crippen LogP contribution in [0.4, 0.5) is 0 Å². The number of rotatable bonds is 6. The Labute approximate surface area is 152 Å². The highest BCUT2D eigenvalue weighted by Crippen LogP contribution is 2.34. The molecule has 0 N–H and O–H groups in total. The molecule has 4 heteroatoms. The van der Waals surface area contributed by atoms with Crippen LogP contribution >= 0.6 is 15.9 Å². The molecule has 3 aromatic rings. The summed E-state index contributed by atoms with van der Waals surface area (Å²) in [7, 11) is 4.12. The second-order valence-electron chi connectivity index (χ2n) is 6.26. The van der Waals surface area contributed by atoms with Gasteiger partial charge in [0.1, 0.15) is 12.4 Å². The van der Waals surface area contributed by atoms with E-state index < -0.39 is 0 Å². The smallest absolute Gasteiger partial charge is 0.147 e. The molecule has 0 aliphatic heterocycles. The molecular formula is C20H23BrN2O. The number of hydrogen-bond donors (Lipinski definition) is 0. The standard InChI is InChI=1S/C20H23BrN2O/c1-15-20(24-13-12-22(2)3)17-9-5-7-11-19(17)23(15)14-16-8-4-6-10-18(16)21/h4-11H,12-14H2,1-3H3. The van der Waals surface area contributed by atoms with Crippen molar-refractivity contribution < 1.29 is 4.74 Å². The molecule has 24 heavy (non-hydrogen) atoms. The second-order valence-corrected chi connectivity index (χ2v) is 7.12. The Balaban J connectivity index is 1.99. The average molecular weight is 387 g/mol. The van der Waals surface area contributed by atoms with Crippen molar-refractivity contribution in [3.8, 4) is 5.75 Å². The van der Waals surface area contributed by atoms with E-state index in [-0.39, 0.29) is 0 Å². The van der Waals surface area contributed by atoms with Gasteiger partial charge in [-0.05, 0) is 44.8 Å². The van der Waals surface area contributed by atoms with Gasteiger partial charge in [0, 0.05) is 22.9 Å². The number of halogens is 1. The van der Waals surface area contributed by atoms with E-state index >= 15 is 0 Å². The summed E-state index contributed by atoms with van der Waals surface area (Å²) in [4.78, 5) is 2.13. The average Bonchev–Trinajstić information content (AvgIpc) is 2.82. The number of benzene rings is 2. The minimum atomic E-state index is 0.691. The molecule has 0 radical (unpaired) electrons. The Bertz CT molecular complexity index is 839. The normalized spacial score (nSPS) is 11.4. The topological polar surface area (TPSA) is 17.4 Å². The molecule has 0 saturated carbocycles. The Morgan fingerprint density at radius 2 is 1.75 bits per heavy atom. The molecule has 0 amide bonds. The molecule has 0 fully saturated rings. The molecule has 0 bridgehead atoms. The summed E-state index contributed by atoms with van der Waals surface area (Å²) in [6.45, 7) is 4.56. The van der Waals surface area contributed by atoms with Crippen LogP contribution in [-0.4, -0.2) is 36.7 Å². The monoisotopic (exact) mass is 386 g/mol. The van der Waals surface area contributed by atoms with Gasteiger partial charge in [-0.1, -0.05) is 46.3 Å². The number of ether oxygens (including phenoxy) is 1. The Kier molecular flexibility index (Phi) is 5.27. The predicted molar refractivity (Wildman–Crippen MR) is 104 cm³/mol. The van der Waals surface area contributed by atoms with Crippen LogP contribution in [0.25, 0.3) is 10.9 Å². The SMILES string of the molecule is Cc1c(OCCN(C)C)c2ccccc2n1Cc1ccccc1Br. The molecule has 0 atom stereocenters. The fourth-order valence-electron chi connectivity index (χ4n) is 2.91. The van der Waals surface area contributed by atoms with Crippen molar-refractivity contribution in [3.05, 3.63) is 64.3 Å². The zero-order valence-electron chi connectivity index (χ0n) is 14.4. The van der Waals surface area contributed by atoms with E-state index in [4.69, 9.17) is 4.74 Å². The minimum absolute atomic E-state index is 0.691. The molecule has 126 valence electrons. The van der Waals surface area contributed by atoms with Gasteiger partial charge in [0.2, 0.25) is 0 Å². The lowest BCUT2D eigenvalue weighted by Crippen LogP contribution is -2.19. The molecule has 0 unspecified atom stereocenters. The first-order valence-electron chi connectivity index (χ1n) is 8.16. The van der Waals surface area contributed by atoms with Crippen LogP contribution in [-0.2, 0) is 6.54 Å². The molecule has 0 spiro atoms. The predicted octanol–water partition coefficient (Wildman–Crippen LogP) is 4.70. The van der Waals surface area contributed by atoms with Gasteiger partial charge in [-0.25, -0.2) is 0 Å². The molecule has 1 heterocycles. The summed E-state index contributed by atoms with van der Waals surface area (Å²) in [6, 6.07) is 16.8. The van der Waals surface area contributed by atoms with E-state index in [0.29, 0.717) is 6.61 Å². The van der Waals surface area contributed by atoms with Gasteiger partial charge in [0.15, 0.2) is 0 Å². The highest BCUT2D eigenvalue weighted by molar-refractivity contribution is 9.10. The largest absolute Gasteiger partial charge is 0.490 e. The molecule has 0 saturated heterocycles. The Morgan fingerprint density at radius 3 is 2.50 bits per heavy atom. The maximum absolute atomic E-state index is 6.14.